The van der Waals surface area contributed by atoms with Gasteiger partial charge >= 0.3 is 5.97 Å². The van der Waals surface area contributed by atoms with Gasteiger partial charge in [-0.3, -0.25) is 14.3 Å². The Hall–Kier alpha value is -2.94. The minimum atomic E-state index is -3.85. The molecule has 156 valence electrons. The van der Waals surface area contributed by atoms with E-state index in [1.54, 1.807) is 0 Å². The van der Waals surface area contributed by atoms with Crippen LogP contribution in [0.1, 0.15) is 36.0 Å². The van der Waals surface area contributed by atoms with Crippen molar-refractivity contribution in [3.63, 3.8) is 0 Å². The van der Waals surface area contributed by atoms with E-state index in [1.165, 1.54) is 43.5 Å². The van der Waals surface area contributed by atoms with Crippen LogP contribution in [0.4, 0.5) is 10.1 Å². The molecule has 2 N–H and O–H groups in total. The van der Waals surface area contributed by atoms with Crippen molar-refractivity contribution in [2.45, 2.75) is 30.6 Å². The molecule has 2 aromatic rings. The minimum absolute atomic E-state index is 0.0128. The van der Waals surface area contributed by atoms with Crippen LogP contribution in [0.5, 0.6) is 0 Å². The Kier molecular flexibility index (Phi) is 8.14. The van der Waals surface area contributed by atoms with Crippen LogP contribution >= 0.6 is 0 Å². The standard InChI is InChI=1S/C20H23FN2O5S/c1-28-19(24)5-3-2-4-14-22-20(25)15-6-12-18(13-7-15)29(26,27)23-17-10-8-16(21)9-11-17/h6-13,23H,2-5,14H2,1H3,(H,22,25). The maximum Gasteiger partial charge on any atom is 0.305 e. The summed E-state index contributed by atoms with van der Waals surface area (Å²) >= 11 is 0. The normalized spacial score (nSPS) is 11.0. The van der Waals surface area contributed by atoms with E-state index in [2.05, 4.69) is 14.8 Å². The summed E-state index contributed by atoms with van der Waals surface area (Å²) < 4.78 is 44.6. The van der Waals surface area contributed by atoms with Gasteiger partial charge in [-0.1, -0.05) is 6.42 Å². The minimum Gasteiger partial charge on any atom is -0.469 e. The van der Waals surface area contributed by atoms with Gasteiger partial charge in [0.1, 0.15) is 5.82 Å². The number of esters is 1. The number of ether oxygens (including phenoxy) is 1. The predicted molar refractivity (Wildman–Crippen MR) is 106 cm³/mol. The lowest BCUT2D eigenvalue weighted by atomic mass is 10.2. The first-order chi connectivity index (χ1) is 13.8. The van der Waals surface area contributed by atoms with Crippen molar-refractivity contribution in [2.24, 2.45) is 0 Å². The number of halogens is 1. The number of hydrogen-bond acceptors (Lipinski definition) is 5. The van der Waals surface area contributed by atoms with Crippen molar-refractivity contribution < 1.29 is 27.1 Å². The topological polar surface area (TPSA) is 102 Å². The molecule has 29 heavy (non-hydrogen) atoms. The SMILES string of the molecule is COC(=O)CCCCCNC(=O)c1ccc(S(=O)(=O)Nc2ccc(F)cc2)cc1. The van der Waals surface area contributed by atoms with E-state index in [9.17, 15) is 22.4 Å². The fourth-order valence-electron chi connectivity index (χ4n) is 2.49. The van der Waals surface area contributed by atoms with Crippen molar-refractivity contribution in [3.05, 3.63) is 59.9 Å². The lowest BCUT2D eigenvalue weighted by Crippen LogP contribution is -2.24. The molecule has 2 rings (SSSR count). The molecule has 1 amide bonds. The Bertz CT molecular complexity index is 928. The van der Waals surface area contributed by atoms with E-state index in [0.29, 0.717) is 24.9 Å². The number of unbranched alkanes of at least 4 members (excludes halogenated alkanes) is 2. The first-order valence-corrected chi connectivity index (χ1v) is 10.5. The van der Waals surface area contributed by atoms with Gasteiger partial charge in [0.2, 0.25) is 0 Å². The fraction of sp³-hybridized carbons (Fsp3) is 0.300. The van der Waals surface area contributed by atoms with Gasteiger partial charge in [0.05, 0.1) is 12.0 Å². The lowest BCUT2D eigenvalue weighted by Gasteiger charge is -2.09. The summed E-state index contributed by atoms with van der Waals surface area (Å²) in [5, 5.41) is 2.75. The summed E-state index contributed by atoms with van der Waals surface area (Å²) in [5.41, 5.74) is 0.570. The summed E-state index contributed by atoms with van der Waals surface area (Å²) in [6.45, 7) is 0.451. The largest absolute Gasteiger partial charge is 0.469 e. The number of carbonyl (C=O) groups excluding carboxylic acids is 2. The highest BCUT2D eigenvalue weighted by Crippen LogP contribution is 2.17. The van der Waals surface area contributed by atoms with Gasteiger partial charge in [-0.2, -0.15) is 0 Å². The molecule has 0 saturated heterocycles. The molecule has 2 aromatic carbocycles. The van der Waals surface area contributed by atoms with E-state index >= 15 is 0 Å². The summed E-state index contributed by atoms with van der Waals surface area (Å²) in [4.78, 5) is 23.1. The molecule has 0 spiro atoms. The zero-order valence-electron chi connectivity index (χ0n) is 16.0. The van der Waals surface area contributed by atoms with Crippen LogP contribution in [0, 0.1) is 5.82 Å². The van der Waals surface area contributed by atoms with Gasteiger partial charge in [-0.05, 0) is 61.4 Å². The molecule has 0 unspecified atom stereocenters. The molecule has 0 aromatic heterocycles. The maximum absolute atomic E-state index is 12.9. The summed E-state index contributed by atoms with van der Waals surface area (Å²) in [6.07, 6.45) is 2.54. The average Bonchev–Trinajstić information content (AvgIpc) is 2.71. The molecular weight excluding hydrogens is 399 g/mol. The molecular formula is C20H23FN2O5S. The number of benzene rings is 2. The van der Waals surface area contributed by atoms with Crippen LogP contribution in [-0.4, -0.2) is 33.9 Å². The third-order valence-electron chi connectivity index (χ3n) is 4.09. The molecule has 0 radical (unpaired) electrons. The highest BCUT2D eigenvalue weighted by Gasteiger charge is 2.15. The third-order valence-corrected chi connectivity index (χ3v) is 5.49. The quantitative estimate of drug-likeness (QED) is 0.453. The summed E-state index contributed by atoms with van der Waals surface area (Å²) in [7, 11) is -2.50. The molecule has 0 bridgehead atoms. The number of sulfonamides is 1. The highest BCUT2D eigenvalue weighted by atomic mass is 32.2. The lowest BCUT2D eigenvalue weighted by molar-refractivity contribution is -0.140. The molecule has 0 atom stereocenters. The van der Waals surface area contributed by atoms with E-state index in [4.69, 9.17) is 0 Å². The second kappa shape index (κ2) is 10.6. The predicted octanol–water partition coefficient (Wildman–Crippen LogP) is 3.09. The van der Waals surface area contributed by atoms with Crippen LogP contribution in [-0.2, 0) is 19.6 Å². The fourth-order valence-corrected chi connectivity index (χ4v) is 3.55. The van der Waals surface area contributed by atoms with E-state index in [1.807, 2.05) is 0 Å². The zero-order chi connectivity index (χ0) is 21.3. The van der Waals surface area contributed by atoms with Crippen molar-refractivity contribution in [3.8, 4) is 0 Å². The van der Waals surface area contributed by atoms with Crippen LogP contribution < -0.4 is 10.0 Å². The summed E-state index contributed by atoms with van der Waals surface area (Å²) in [5.74, 6) is -1.03. The maximum atomic E-state index is 12.9. The average molecular weight is 422 g/mol. The van der Waals surface area contributed by atoms with Gasteiger partial charge in [0.25, 0.3) is 15.9 Å². The van der Waals surface area contributed by atoms with E-state index in [0.717, 1.165) is 25.0 Å². The number of nitrogens with one attached hydrogen (secondary N) is 2. The Labute approximate surface area is 169 Å². The molecule has 0 aliphatic rings. The molecule has 9 heteroatoms. The molecule has 0 saturated carbocycles. The smallest absolute Gasteiger partial charge is 0.305 e. The number of hydrogen-bond donors (Lipinski definition) is 2. The zero-order valence-corrected chi connectivity index (χ0v) is 16.8. The van der Waals surface area contributed by atoms with Crippen molar-refractivity contribution in [1.29, 1.82) is 0 Å². The number of methoxy groups -OCH3 is 1. The Balaban J connectivity index is 1.84. The van der Waals surface area contributed by atoms with E-state index in [-0.39, 0.29) is 22.5 Å². The van der Waals surface area contributed by atoms with Crippen LogP contribution in [0.2, 0.25) is 0 Å². The van der Waals surface area contributed by atoms with Gasteiger partial charge < -0.3 is 10.1 Å². The van der Waals surface area contributed by atoms with Crippen LogP contribution in [0.15, 0.2) is 53.4 Å². The van der Waals surface area contributed by atoms with Gasteiger partial charge in [-0.15, -0.1) is 0 Å². The van der Waals surface area contributed by atoms with E-state index < -0.39 is 15.8 Å². The second-order valence-electron chi connectivity index (χ2n) is 6.28. The number of rotatable bonds is 10. The van der Waals surface area contributed by atoms with Gasteiger partial charge in [-0.25, -0.2) is 12.8 Å². The monoisotopic (exact) mass is 422 g/mol. The van der Waals surface area contributed by atoms with Crippen LogP contribution in [0.25, 0.3) is 0 Å². The molecule has 7 nitrogen and oxygen atoms in total. The summed E-state index contributed by atoms with van der Waals surface area (Å²) in [6, 6.07) is 10.5. The van der Waals surface area contributed by atoms with Crippen molar-refractivity contribution in [1.82, 2.24) is 5.32 Å². The molecule has 0 aliphatic heterocycles. The Morgan fingerprint density at radius 1 is 0.966 bits per heavy atom. The van der Waals surface area contributed by atoms with Crippen molar-refractivity contribution in [2.75, 3.05) is 18.4 Å². The van der Waals surface area contributed by atoms with Crippen molar-refractivity contribution >= 4 is 27.6 Å². The third kappa shape index (κ3) is 7.19. The Morgan fingerprint density at radius 2 is 1.62 bits per heavy atom. The molecule has 0 heterocycles. The van der Waals surface area contributed by atoms with Gasteiger partial charge in [0, 0.05) is 24.2 Å². The first-order valence-electron chi connectivity index (χ1n) is 9.05. The molecule has 0 aliphatic carbocycles. The first kappa shape index (κ1) is 22.4. The molecule has 0 fully saturated rings. The Morgan fingerprint density at radius 3 is 2.24 bits per heavy atom. The van der Waals surface area contributed by atoms with Gasteiger partial charge in [0.15, 0.2) is 0 Å². The second-order valence-corrected chi connectivity index (χ2v) is 7.96. The number of anilines is 1. The number of amides is 1. The number of carbonyl (C=O) groups is 2. The van der Waals surface area contributed by atoms with Crippen LogP contribution in [0.3, 0.4) is 0 Å². The highest BCUT2D eigenvalue weighted by molar-refractivity contribution is 7.92.